The molecule has 0 fully saturated rings. The van der Waals surface area contributed by atoms with Gasteiger partial charge in [0, 0.05) is 12.2 Å². The number of para-hydroxylation sites is 1. The Kier molecular flexibility index (Phi) is 7.43. The molecule has 0 bridgehead atoms. The maximum absolute atomic E-state index is 11.7. The number of nitrogens with one attached hydrogen (secondary N) is 2. The quantitative estimate of drug-likeness (QED) is 0.767. The molecule has 22 heavy (non-hydrogen) atoms. The van der Waals surface area contributed by atoms with Crippen LogP contribution in [0.1, 0.15) is 17.2 Å². The summed E-state index contributed by atoms with van der Waals surface area (Å²) in [5.74, 6) is -0.148. The molecule has 0 saturated carbocycles. The van der Waals surface area contributed by atoms with E-state index in [-0.39, 0.29) is 31.4 Å². The number of aryl methyl sites for hydroxylation is 1. The zero-order valence-electron chi connectivity index (χ0n) is 12.5. The van der Waals surface area contributed by atoms with Gasteiger partial charge in [-0.05, 0) is 24.6 Å². The van der Waals surface area contributed by atoms with Crippen LogP contribution in [0.4, 0.5) is 5.69 Å². The maximum Gasteiger partial charge on any atom is 0.239 e. The fourth-order valence-corrected chi connectivity index (χ4v) is 1.92. The number of amides is 1. The summed E-state index contributed by atoms with van der Waals surface area (Å²) in [6.45, 7) is 2.39. The van der Waals surface area contributed by atoms with Gasteiger partial charge in [0.15, 0.2) is 0 Å². The number of carbonyl (C=O) groups excluding carboxylic acids is 1. The molecule has 4 nitrogen and oxygen atoms in total. The fourth-order valence-electron chi connectivity index (χ4n) is 1.92. The second-order valence-corrected chi connectivity index (χ2v) is 4.95. The first-order valence-corrected chi connectivity index (χ1v) is 6.95. The number of hydrogen-bond donors (Lipinski definition) is 3. The van der Waals surface area contributed by atoms with Crippen molar-refractivity contribution in [3.05, 3.63) is 65.7 Å². The van der Waals surface area contributed by atoms with Gasteiger partial charge in [0.2, 0.25) is 5.91 Å². The average Bonchev–Trinajstić information content (AvgIpc) is 2.52. The smallest absolute Gasteiger partial charge is 0.239 e. The molecule has 0 radical (unpaired) electrons. The van der Waals surface area contributed by atoms with Crippen molar-refractivity contribution in [2.24, 2.45) is 0 Å². The zero-order valence-corrected chi connectivity index (χ0v) is 13.3. The van der Waals surface area contributed by atoms with Crippen LogP contribution in [-0.2, 0) is 4.79 Å². The number of carbonyl (C=O) groups is 1. The Morgan fingerprint density at radius 1 is 1.09 bits per heavy atom. The first kappa shape index (κ1) is 18.0. The normalized spacial score (nSPS) is 11.2. The van der Waals surface area contributed by atoms with Crippen molar-refractivity contribution in [1.82, 2.24) is 5.32 Å². The Bertz CT molecular complexity index is 573. The standard InChI is InChI=1S/C17H20N2O2.ClH/c1-13-7-9-14(10-8-13)16(20)11-19-17(21)12-18-15-5-3-2-4-6-15;/h2-10,16,18,20H,11-12H2,1H3,(H,19,21);1H. The van der Waals surface area contributed by atoms with E-state index >= 15 is 0 Å². The Balaban J connectivity index is 0.00000242. The molecule has 0 heterocycles. The second kappa shape index (κ2) is 9.07. The van der Waals surface area contributed by atoms with Crippen LogP contribution >= 0.6 is 12.4 Å². The molecule has 2 rings (SSSR count). The predicted octanol–water partition coefficient (Wildman–Crippen LogP) is 2.68. The molecule has 0 aliphatic heterocycles. The van der Waals surface area contributed by atoms with E-state index in [9.17, 15) is 9.90 Å². The van der Waals surface area contributed by atoms with Crippen molar-refractivity contribution in [3.63, 3.8) is 0 Å². The highest BCUT2D eigenvalue weighted by Crippen LogP contribution is 2.12. The molecule has 2 aromatic rings. The number of aliphatic hydroxyl groups excluding tert-OH is 1. The molecule has 0 aliphatic carbocycles. The number of halogens is 1. The van der Waals surface area contributed by atoms with Gasteiger partial charge in [0.05, 0.1) is 12.6 Å². The molecule has 1 unspecified atom stereocenters. The molecular formula is C17H21ClN2O2. The monoisotopic (exact) mass is 320 g/mol. The summed E-state index contributed by atoms with van der Waals surface area (Å²) in [4.78, 5) is 11.7. The van der Waals surface area contributed by atoms with E-state index in [1.165, 1.54) is 0 Å². The minimum absolute atomic E-state index is 0. The predicted molar refractivity (Wildman–Crippen MR) is 91.3 cm³/mol. The van der Waals surface area contributed by atoms with Gasteiger partial charge < -0.3 is 15.7 Å². The number of hydrogen-bond acceptors (Lipinski definition) is 3. The van der Waals surface area contributed by atoms with Crippen molar-refractivity contribution < 1.29 is 9.90 Å². The lowest BCUT2D eigenvalue weighted by Gasteiger charge is -2.13. The van der Waals surface area contributed by atoms with E-state index in [0.717, 1.165) is 16.8 Å². The summed E-state index contributed by atoms with van der Waals surface area (Å²) >= 11 is 0. The molecule has 0 aromatic heterocycles. The Labute approximate surface area is 137 Å². The molecule has 0 saturated heterocycles. The van der Waals surface area contributed by atoms with Crippen LogP contribution in [0, 0.1) is 6.92 Å². The Hall–Kier alpha value is -2.04. The summed E-state index contributed by atoms with van der Waals surface area (Å²) in [7, 11) is 0. The minimum Gasteiger partial charge on any atom is -0.387 e. The third kappa shape index (κ3) is 5.76. The third-order valence-corrected chi connectivity index (χ3v) is 3.18. The van der Waals surface area contributed by atoms with Gasteiger partial charge in [-0.3, -0.25) is 4.79 Å². The number of rotatable bonds is 6. The molecule has 3 N–H and O–H groups in total. The topological polar surface area (TPSA) is 61.4 Å². The van der Waals surface area contributed by atoms with Crippen LogP contribution in [0.3, 0.4) is 0 Å². The van der Waals surface area contributed by atoms with E-state index in [0.29, 0.717) is 0 Å². The highest BCUT2D eigenvalue weighted by Gasteiger charge is 2.09. The van der Waals surface area contributed by atoms with Gasteiger partial charge >= 0.3 is 0 Å². The van der Waals surface area contributed by atoms with Gasteiger partial charge in [-0.1, -0.05) is 48.0 Å². The maximum atomic E-state index is 11.7. The summed E-state index contributed by atoms with van der Waals surface area (Å²) in [6, 6.07) is 17.1. The number of benzene rings is 2. The zero-order chi connectivity index (χ0) is 15.1. The second-order valence-electron chi connectivity index (χ2n) is 4.95. The average molecular weight is 321 g/mol. The summed E-state index contributed by atoms with van der Waals surface area (Å²) in [6.07, 6.45) is -0.689. The van der Waals surface area contributed by atoms with Gasteiger partial charge in [0.1, 0.15) is 0 Å². The molecule has 5 heteroatoms. The lowest BCUT2D eigenvalue weighted by Crippen LogP contribution is -2.33. The highest BCUT2D eigenvalue weighted by molar-refractivity contribution is 5.85. The minimum atomic E-state index is -0.689. The van der Waals surface area contributed by atoms with E-state index in [4.69, 9.17) is 0 Å². The first-order chi connectivity index (χ1) is 10.1. The van der Waals surface area contributed by atoms with Crippen LogP contribution in [0.25, 0.3) is 0 Å². The van der Waals surface area contributed by atoms with Crippen LogP contribution in [0.2, 0.25) is 0 Å². The van der Waals surface area contributed by atoms with Crippen LogP contribution in [0.5, 0.6) is 0 Å². The van der Waals surface area contributed by atoms with E-state index in [1.54, 1.807) is 0 Å². The Morgan fingerprint density at radius 2 is 1.73 bits per heavy atom. The summed E-state index contributed by atoms with van der Waals surface area (Å²) in [5.41, 5.74) is 2.84. The fraction of sp³-hybridized carbons (Fsp3) is 0.235. The lowest BCUT2D eigenvalue weighted by molar-refractivity contribution is -0.119. The highest BCUT2D eigenvalue weighted by atomic mass is 35.5. The number of aliphatic hydroxyl groups is 1. The van der Waals surface area contributed by atoms with Crippen molar-refractivity contribution >= 4 is 24.0 Å². The lowest BCUT2D eigenvalue weighted by atomic mass is 10.1. The van der Waals surface area contributed by atoms with Crippen LogP contribution in [-0.4, -0.2) is 24.1 Å². The third-order valence-electron chi connectivity index (χ3n) is 3.18. The van der Waals surface area contributed by atoms with Crippen molar-refractivity contribution in [1.29, 1.82) is 0 Å². The van der Waals surface area contributed by atoms with E-state index in [2.05, 4.69) is 10.6 Å². The molecular weight excluding hydrogens is 300 g/mol. The van der Waals surface area contributed by atoms with Crippen molar-refractivity contribution in [2.45, 2.75) is 13.0 Å². The van der Waals surface area contributed by atoms with Gasteiger partial charge in [0.25, 0.3) is 0 Å². The number of anilines is 1. The summed E-state index contributed by atoms with van der Waals surface area (Å²) < 4.78 is 0. The van der Waals surface area contributed by atoms with Gasteiger partial charge in [-0.15, -0.1) is 12.4 Å². The van der Waals surface area contributed by atoms with Crippen molar-refractivity contribution in [3.8, 4) is 0 Å². The molecule has 0 spiro atoms. The van der Waals surface area contributed by atoms with Crippen LogP contribution in [0.15, 0.2) is 54.6 Å². The van der Waals surface area contributed by atoms with Gasteiger partial charge in [-0.2, -0.15) is 0 Å². The summed E-state index contributed by atoms with van der Waals surface area (Å²) in [5, 5.41) is 15.7. The molecule has 1 amide bonds. The SMILES string of the molecule is Cc1ccc(C(O)CNC(=O)CNc2ccccc2)cc1.Cl. The van der Waals surface area contributed by atoms with Crippen molar-refractivity contribution in [2.75, 3.05) is 18.4 Å². The largest absolute Gasteiger partial charge is 0.387 e. The molecule has 2 aromatic carbocycles. The first-order valence-electron chi connectivity index (χ1n) is 6.95. The molecule has 0 aliphatic rings. The molecule has 1 atom stereocenters. The van der Waals surface area contributed by atoms with E-state index in [1.807, 2.05) is 61.5 Å². The van der Waals surface area contributed by atoms with Crippen LogP contribution < -0.4 is 10.6 Å². The van der Waals surface area contributed by atoms with Gasteiger partial charge in [-0.25, -0.2) is 0 Å². The van der Waals surface area contributed by atoms with E-state index < -0.39 is 6.10 Å². The Morgan fingerprint density at radius 3 is 2.36 bits per heavy atom. The molecule has 118 valence electrons.